The molecule has 0 fully saturated rings. The Hall–Kier alpha value is 0.0169. The van der Waals surface area contributed by atoms with E-state index in [-0.39, 0.29) is 0 Å². The zero-order chi connectivity index (χ0) is 26.6. The summed E-state index contributed by atoms with van der Waals surface area (Å²) in [7, 11) is 3.27. The van der Waals surface area contributed by atoms with Gasteiger partial charge in [0.1, 0.15) is 0 Å². The lowest BCUT2D eigenvalue weighted by molar-refractivity contribution is -0.445. The van der Waals surface area contributed by atoms with Crippen LogP contribution in [0.25, 0.3) is 0 Å². The predicted molar refractivity (Wildman–Crippen MR) is 152 cm³/mol. The van der Waals surface area contributed by atoms with Crippen molar-refractivity contribution >= 4 is 10.5 Å². The Morgan fingerprint density at radius 1 is 0.444 bits per heavy atom. The molecule has 0 bridgehead atoms. The Morgan fingerprint density at radius 3 is 1.06 bits per heavy atom. The average molecular weight is 530 g/mol. The number of ether oxygens (including phenoxy) is 4. The van der Waals surface area contributed by atoms with Crippen LogP contribution in [0.15, 0.2) is 0 Å². The quantitative estimate of drug-likeness (QED) is 0.0527. The predicted octanol–water partition coefficient (Wildman–Crippen LogP) is 9.01. The van der Waals surface area contributed by atoms with Gasteiger partial charge >= 0.3 is 5.97 Å². The maximum atomic E-state index is 6.39. The molecular weight excluding hydrogens is 468 g/mol. The van der Waals surface area contributed by atoms with Crippen molar-refractivity contribution in [3.8, 4) is 0 Å². The number of hydrogen-bond acceptors (Lipinski definition) is 5. The van der Waals surface area contributed by atoms with Crippen LogP contribution in [0.1, 0.15) is 156 Å². The molecule has 0 amide bonds. The first-order valence-electron chi connectivity index (χ1n) is 15.6. The van der Waals surface area contributed by atoms with Gasteiger partial charge in [-0.3, -0.25) is 0 Å². The van der Waals surface area contributed by atoms with Crippen molar-refractivity contribution in [1.82, 2.24) is 0 Å². The van der Waals surface area contributed by atoms with Crippen molar-refractivity contribution in [2.24, 2.45) is 0 Å². The molecule has 1 atom stereocenters. The summed E-state index contributed by atoms with van der Waals surface area (Å²) in [5.74, 6) is -1.34. The first kappa shape index (κ1) is 36.0. The van der Waals surface area contributed by atoms with Crippen LogP contribution in [0.5, 0.6) is 0 Å². The minimum absolute atomic E-state index is 0.571. The lowest BCUT2D eigenvalue weighted by atomic mass is 10.1. The summed E-state index contributed by atoms with van der Waals surface area (Å²) in [5.41, 5.74) is 0. The molecule has 0 aromatic carbocycles. The lowest BCUT2D eigenvalue weighted by Gasteiger charge is -2.38. The van der Waals surface area contributed by atoms with Crippen molar-refractivity contribution < 1.29 is 23.4 Å². The third-order valence-electron chi connectivity index (χ3n) is 6.57. The number of unbranched alkanes of at least 4 members (excludes halogenated alkanes) is 16. The number of hydrogen-bond donors (Lipinski definition) is 0. The van der Waals surface area contributed by atoms with Gasteiger partial charge < -0.3 is 23.4 Å². The minimum Gasteiger partial charge on any atom is -0.388 e. The Labute approximate surface area is 228 Å². The van der Waals surface area contributed by atoms with Crippen molar-refractivity contribution in [3.63, 3.8) is 0 Å². The van der Waals surface area contributed by atoms with Gasteiger partial charge in [-0.1, -0.05) is 130 Å². The molecule has 0 aliphatic carbocycles. The molecule has 36 heavy (non-hydrogen) atoms. The van der Waals surface area contributed by atoms with E-state index in [0.717, 1.165) is 51.4 Å². The van der Waals surface area contributed by atoms with Crippen LogP contribution in [0.2, 0.25) is 0 Å². The topological polar surface area (TPSA) is 46.2 Å². The van der Waals surface area contributed by atoms with E-state index < -0.39 is 12.3 Å². The fourth-order valence-electron chi connectivity index (χ4n) is 4.19. The fourth-order valence-corrected chi connectivity index (χ4v) is 4.41. The monoisotopic (exact) mass is 529 g/mol. The Balaban J connectivity index is 5.15. The van der Waals surface area contributed by atoms with Crippen LogP contribution >= 0.6 is 0 Å². The van der Waals surface area contributed by atoms with Crippen molar-refractivity contribution in [2.75, 3.05) is 26.4 Å². The van der Waals surface area contributed by atoms with Crippen LogP contribution in [0.3, 0.4) is 0 Å². The molecule has 0 heterocycles. The Kier molecular flexibility index (Phi) is 28.0. The van der Waals surface area contributed by atoms with E-state index in [9.17, 15) is 0 Å². The largest absolute Gasteiger partial charge is 0.388 e. The molecule has 6 heteroatoms. The second-order valence-electron chi connectivity index (χ2n) is 10.1. The average Bonchev–Trinajstić information content (AvgIpc) is 2.89. The fraction of sp³-hybridized carbons (Fsp3) is 1.00. The molecular formula is C30H61O5Si. The van der Waals surface area contributed by atoms with E-state index in [4.69, 9.17) is 23.4 Å². The van der Waals surface area contributed by atoms with E-state index in [0.29, 0.717) is 26.4 Å². The first-order valence-corrected chi connectivity index (χ1v) is 16.0. The second kappa shape index (κ2) is 28.0. The van der Waals surface area contributed by atoms with Crippen molar-refractivity contribution in [2.45, 2.75) is 168 Å². The molecule has 0 rings (SSSR count). The van der Waals surface area contributed by atoms with Gasteiger partial charge in [0.05, 0.1) is 26.4 Å². The summed E-state index contributed by atoms with van der Waals surface area (Å²) < 4.78 is 31.0. The smallest absolute Gasteiger partial charge is 0.336 e. The lowest BCUT2D eigenvalue weighted by Crippen LogP contribution is -2.53. The molecule has 0 saturated heterocycles. The van der Waals surface area contributed by atoms with Crippen LogP contribution in [-0.2, 0) is 23.4 Å². The second-order valence-corrected chi connectivity index (χ2v) is 10.4. The standard InChI is InChI=1S/C30H61O5Si/c1-5-9-13-17-21-25-31-29(35-36)30(32-26-22-18-14-10-6-2,33-27-23-19-15-11-7-3)34-28-24-20-16-12-8-4/h29H,5-28H2,1-4H3. The van der Waals surface area contributed by atoms with Crippen molar-refractivity contribution in [1.29, 1.82) is 0 Å². The van der Waals surface area contributed by atoms with Gasteiger partial charge in [0.25, 0.3) is 0 Å². The summed E-state index contributed by atoms with van der Waals surface area (Å²) >= 11 is 0. The highest BCUT2D eigenvalue weighted by Gasteiger charge is 2.44. The summed E-state index contributed by atoms with van der Waals surface area (Å²) in [6, 6.07) is 0. The third kappa shape index (κ3) is 20.0. The van der Waals surface area contributed by atoms with Gasteiger partial charge in [0, 0.05) is 0 Å². The van der Waals surface area contributed by atoms with Gasteiger partial charge in [0.2, 0.25) is 16.8 Å². The zero-order valence-electron chi connectivity index (χ0n) is 24.6. The highest BCUT2D eigenvalue weighted by Crippen LogP contribution is 2.27. The van der Waals surface area contributed by atoms with E-state index in [1.54, 1.807) is 0 Å². The van der Waals surface area contributed by atoms with Gasteiger partial charge in [0.15, 0.2) is 0 Å². The van der Waals surface area contributed by atoms with E-state index in [2.05, 4.69) is 38.2 Å². The molecule has 0 spiro atoms. The van der Waals surface area contributed by atoms with Gasteiger partial charge in [-0.15, -0.1) is 0 Å². The molecule has 1 unspecified atom stereocenters. The summed E-state index contributed by atoms with van der Waals surface area (Å²) in [5, 5.41) is 0. The normalized spacial score (nSPS) is 12.9. The molecule has 0 N–H and O–H groups in total. The summed E-state index contributed by atoms with van der Waals surface area (Å²) in [6.45, 7) is 11.3. The Morgan fingerprint density at radius 2 is 0.750 bits per heavy atom. The minimum atomic E-state index is -1.34. The maximum Gasteiger partial charge on any atom is 0.336 e. The SMILES string of the molecule is CCCCCCCOC(O[Si])C(OCCCCCCC)(OCCCCCCC)OCCCCCCC. The third-order valence-corrected chi connectivity index (χ3v) is 6.78. The van der Waals surface area contributed by atoms with Crippen molar-refractivity contribution in [3.05, 3.63) is 0 Å². The van der Waals surface area contributed by atoms with Gasteiger partial charge in [-0.2, -0.15) is 0 Å². The molecule has 0 aromatic rings. The Bertz CT molecular complexity index is 383. The molecule has 0 aliphatic heterocycles. The zero-order valence-corrected chi connectivity index (χ0v) is 25.6. The maximum absolute atomic E-state index is 6.39. The molecule has 3 radical (unpaired) electrons. The number of rotatable bonds is 30. The van der Waals surface area contributed by atoms with E-state index in [1.807, 2.05) is 0 Å². The van der Waals surface area contributed by atoms with Crippen LogP contribution in [-0.4, -0.2) is 49.2 Å². The molecule has 215 valence electrons. The summed E-state index contributed by atoms with van der Waals surface area (Å²) in [4.78, 5) is 0. The van der Waals surface area contributed by atoms with Gasteiger partial charge in [-0.25, -0.2) is 0 Å². The van der Waals surface area contributed by atoms with E-state index in [1.165, 1.54) is 77.0 Å². The van der Waals surface area contributed by atoms with E-state index >= 15 is 0 Å². The molecule has 0 aliphatic rings. The van der Waals surface area contributed by atoms with Crippen LogP contribution in [0, 0.1) is 0 Å². The molecule has 5 nitrogen and oxygen atoms in total. The highest BCUT2D eigenvalue weighted by molar-refractivity contribution is 5.98. The van der Waals surface area contributed by atoms with Crippen LogP contribution < -0.4 is 0 Å². The molecule has 0 saturated carbocycles. The highest BCUT2D eigenvalue weighted by atomic mass is 28.2. The van der Waals surface area contributed by atoms with Gasteiger partial charge in [-0.05, 0) is 25.7 Å². The first-order chi connectivity index (χ1) is 17.7. The summed E-state index contributed by atoms with van der Waals surface area (Å²) in [6.07, 6.45) is 22.7. The molecule has 0 aromatic heterocycles. The van der Waals surface area contributed by atoms with Crippen LogP contribution in [0.4, 0.5) is 0 Å².